The number of aliphatic imine (C=N–C) groups is 1. The third-order valence-corrected chi connectivity index (χ3v) is 3.99. The van der Waals surface area contributed by atoms with E-state index in [4.69, 9.17) is 4.74 Å². The first kappa shape index (κ1) is 16.9. The average Bonchev–Trinajstić information content (AvgIpc) is 2.62. The van der Waals surface area contributed by atoms with E-state index in [0.717, 1.165) is 0 Å². The lowest BCUT2D eigenvalue weighted by atomic mass is 10.3. The van der Waals surface area contributed by atoms with Crippen molar-refractivity contribution in [3.05, 3.63) is 54.4 Å². The highest BCUT2D eigenvalue weighted by Crippen LogP contribution is 2.00. The van der Waals surface area contributed by atoms with Gasteiger partial charge in [-0.1, -0.05) is 24.3 Å². The second-order valence-electron chi connectivity index (χ2n) is 4.65. The van der Waals surface area contributed by atoms with Gasteiger partial charge in [-0.15, -0.1) is 0 Å². The molecule has 1 aliphatic rings. The SMILES string of the molecule is O=C(OCCN=C1C/C=C\C=C/CS(=O)(=O)N1)c1cccnc1. The minimum atomic E-state index is -3.44. The van der Waals surface area contributed by atoms with Crippen LogP contribution in [-0.2, 0) is 14.8 Å². The largest absolute Gasteiger partial charge is 0.460 e. The van der Waals surface area contributed by atoms with E-state index in [9.17, 15) is 13.2 Å². The summed E-state index contributed by atoms with van der Waals surface area (Å²) in [4.78, 5) is 19.7. The van der Waals surface area contributed by atoms with E-state index in [2.05, 4.69) is 14.7 Å². The Morgan fingerprint density at radius 3 is 2.96 bits per heavy atom. The van der Waals surface area contributed by atoms with Crippen molar-refractivity contribution in [1.29, 1.82) is 0 Å². The lowest BCUT2D eigenvalue weighted by Gasteiger charge is -2.08. The highest BCUT2D eigenvalue weighted by molar-refractivity contribution is 7.90. The van der Waals surface area contributed by atoms with Gasteiger partial charge in [0.05, 0.1) is 17.9 Å². The molecule has 2 heterocycles. The second kappa shape index (κ2) is 8.23. The molecule has 0 fully saturated rings. The number of nitrogens with one attached hydrogen (secondary N) is 1. The standard InChI is InChI=1S/C15H17N3O4S/c19-15(13-6-5-8-16-12-13)22-10-9-17-14-7-3-1-2-4-11-23(20,21)18-14/h1-6,8,12H,7,9-11H2,(H,17,18)/b3-1-,4-2-. The fraction of sp³-hybridized carbons (Fsp3) is 0.267. The van der Waals surface area contributed by atoms with Crippen LogP contribution >= 0.6 is 0 Å². The molecule has 0 aromatic carbocycles. The van der Waals surface area contributed by atoms with E-state index in [1.54, 1.807) is 42.6 Å². The number of esters is 1. The Balaban J connectivity index is 1.87. The van der Waals surface area contributed by atoms with Gasteiger partial charge < -0.3 is 4.74 Å². The van der Waals surface area contributed by atoms with E-state index in [-0.39, 0.29) is 18.9 Å². The van der Waals surface area contributed by atoms with Gasteiger partial charge in [-0.3, -0.25) is 14.7 Å². The van der Waals surface area contributed by atoms with Crippen LogP contribution in [0.2, 0.25) is 0 Å². The van der Waals surface area contributed by atoms with E-state index < -0.39 is 16.0 Å². The predicted molar refractivity (Wildman–Crippen MR) is 86.6 cm³/mol. The number of amidine groups is 1. The number of pyridine rings is 1. The minimum Gasteiger partial charge on any atom is -0.460 e. The number of carbonyl (C=O) groups is 1. The van der Waals surface area contributed by atoms with Crippen LogP contribution in [0.1, 0.15) is 16.8 Å². The van der Waals surface area contributed by atoms with Crippen molar-refractivity contribution in [3.63, 3.8) is 0 Å². The molecule has 0 radical (unpaired) electrons. The van der Waals surface area contributed by atoms with Crippen molar-refractivity contribution in [1.82, 2.24) is 9.71 Å². The van der Waals surface area contributed by atoms with Gasteiger partial charge in [0.1, 0.15) is 12.4 Å². The Kier molecular flexibility index (Phi) is 6.04. The summed E-state index contributed by atoms with van der Waals surface area (Å²) >= 11 is 0. The fourth-order valence-electron chi connectivity index (χ4n) is 1.76. The zero-order chi connectivity index (χ0) is 16.5. The number of aromatic nitrogens is 1. The molecule has 7 nitrogen and oxygen atoms in total. The molecule has 1 aromatic heterocycles. The molecule has 8 heteroatoms. The number of sulfonamides is 1. The maximum Gasteiger partial charge on any atom is 0.339 e. The van der Waals surface area contributed by atoms with Crippen LogP contribution < -0.4 is 4.72 Å². The third kappa shape index (κ3) is 6.03. The molecule has 2 rings (SSSR count). The molecule has 0 saturated carbocycles. The van der Waals surface area contributed by atoms with E-state index >= 15 is 0 Å². The summed E-state index contributed by atoms with van der Waals surface area (Å²) in [5.74, 6) is -0.272. The van der Waals surface area contributed by atoms with Crippen LogP contribution in [0.4, 0.5) is 0 Å². The topological polar surface area (TPSA) is 97.7 Å². The molecule has 23 heavy (non-hydrogen) atoms. The average molecular weight is 335 g/mol. The van der Waals surface area contributed by atoms with Gasteiger partial charge in [0.2, 0.25) is 10.0 Å². The molecule has 1 aliphatic heterocycles. The Labute approximate surface area is 134 Å². The number of hydrogen-bond acceptors (Lipinski definition) is 6. The Bertz CT molecular complexity index is 724. The zero-order valence-corrected chi connectivity index (χ0v) is 13.2. The molecule has 0 unspecified atom stereocenters. The van der Waals surface area contributed by atoms with E-state index in [1.807, 2.05) is 0 Å². The molecule has 122 valence electrons. The lowest BCUT2D eigenvalue weighted by Crippen LogP contribution is -2.32. The van der Waals surface area contributed by atoms with Crippen molar-refractivity contribution in [2.75, 3.05) is 18.9 Å². The van der Waals surface area contributed by atoms with Crippen molar-refractivity contribution in [2.24, 2.45) is 4.99 Å². The molecular formula is C15H17N3O4S. The summed E-state index contributed by atoms with van der Waals surface area (Å²) in [7, 11) is -3.44. The van der Waals surface area contributed by atoms with Crippen LogP contribution in [0.3, 0.4) is 0 Å². The molecule has 0 atom stereocenters. The number of ether oxygens (including phenoxy) is 1. The van der Waals surface area contributed by atoms with Crippen molar-refractivity contribution in [3.8, 4) is 0 Å². The van der Waals surface area contributed by atoms with Crippen LogP contribution in [0, 0.1) is 0 Å². The number of nitrogens with zero attached hydrogens (tertiary/aromatic N) is 2. The third-order valence-electron chi connectivity index (χ3n) is 2.81. The first-order valence-corrected chi connectivity index (χ1v) is 8.65. The summed E-state index contributed by atoms with van der Waals surface area (Å²) in [5, 5.41) is 0. The van der Waals surface area contributed by atoms with Gasteiger partial charge in [-0.25, -0.2) is 13.2 Å². The van der Waals surface area contributed by atoms with Gasteiger partial charge in [-0.05, 0) is 12.1 Å². The summed E-state index contributed by atoms with van der Waals surface area (Å²) in [6, 6.07) is 3.24. The van der Waals surface area contributed by atoms with Crippen molar-refractivity contribution >= 4 is 21.8 Å². The smallest absolute Gasteiger partial charge is 0.339 e. The maximum absolute atomic E-state index is 11.7. The maximum atomic E-state index is 11.7. The summed E-state index contributed by atoms with van der Waals surface area (Å²) < 4.78 is 31.0. The molecule has 0 amide bonds. The van der Waals surface area contributed by atoms with Crippen LogP contribution in [-0.4, -0.2) is 44.1 Å². The van der Waals surface area contributed by atoms with Crippen molar-refractivity contribution in [2.45, 2.75) is 6.42 Å². The van der Waals surface area contributed by atoms with Gasteiger partial charge in [0.25, 0.3) is 0 Å². The molecule has 0 bridgehead atoms. The number of carbonyl (C=O) groups excluding carboxylic acids is 1. The number of hydrogen-bond donors (Lipinski definition) is 1. The lowest BCUT2D eigenvalue weighted by molar-refractivity contribution is 0.0516. The van der Waals surface area contributed by atoms with Crippen LogP contribution in [0.25, 0.3) is 0 Å². The molecule has 0 spiro atoms. The Morgan fingerprint density at radius 1 is 1.35 bits per heavy atom. The first-order valence-electron chi connectivity index (χ1n) is 6.99. The quantitative estimate of drug-likeness (QED) is 0.656. The van der Waals surface area contributed by atoms with Crippen LogP contribution in [0.15, 0.2) is 53.8 Å². The second-order valence-corrected chi connectivity index (χ2v) is 6.42. The van der Waals surface area contributed by atoms with Gasteiger partial charge in [0.15, 0.2) is 0 Å². The van der Waals surface area contributed by atoms with Gasteiger partial charge >= 0.3 is 5.97 Å². The van der Waals surface area contributed by atoms with Crippen LogP contribution in [0.5, 0.6) is 0 Å². The highest BCUT2D eigenvalue weighted by atomic mass is 32.2. The monoisotopic (exact) mass is 335 g/mol. The number of rotatable bonds is 4. The summed E-state index contributed by atoms with van der Waals surface area (Å²) in [6.45, 7) is 0.228. The number of allylic oxidation sites excluding steroid dienone is 2. The molecule has 0 aliphatic carbocycles. The van der Waals surface area contributed by atoms with Gasteiger partial charge in [0, 0.05) is 18.8 Å². The molecule has 1 aromatic rings. The van der Waals surface area contributed by atoms with E-state index in [1.165, 1.54) is 6.20 Å². The summed E-state index contributed by atoms with van der Waals surface area (Å²) in [6.07, 6.45) is 10.1. The summed E-state index contributed by atoms with van der Waals surface area (Å²) in [5.41, 5.74) is 0.359. The molecule has 1 N–H and O–H groups in total. The molecule has 0 saturated heterocycles. The van der Waals surface area contributed by atoms with Gasteiger partial charge in [-0.2, -0.15) is 0 Å². The van der Waals surface area contributed by atoms with Crippen molar-refractivity contribution < 1.29 is 17.9 Å². The highest BCUT2D eigenvalue weighted by Gasteiger charge is 2.11. The first-order chi connectivity index (χ1) is 11.1. The van der Waals surface area contributed by atoms with E-state index in [0.29, 0.717) is 17.8 Å². The molecular weight excluding hydrogens is 318 g/mol. The predicted octanol–water partition coefficient (Wildman–Crippen LogP) is 1.07. The minimum absolute atomic E-state index is 0.0565. The Hall–Kier alpha value is -2.48. The normalized spacial score (nSPS) is 21.3. The fourth-order valence-corrected chi connectivity index (χ4v) is 2.72. The Morgan fingerprint density at radius 2 is 2.17 bits per heavy atom. The zero-order valence-electron chi connectivity index (χ0n) is 12.4.